The molecule has 18 heavy (non-hydrogen) atoms. The van der Waals surface area contributed by atoms with E-state index in [2.05, 4.69) is 5.10 Å². The van der Waals surface area contributed by atoms with E-state index in [0.29, 0.717) is 0 Å². The van der Waals surface area contributed by atoms with Gasteiger partial charge in [-0.25, -0.2) is 0 Å². The number of hydrogen-bond donors (Lipinski definition) is 0. The molecule has 5 nitrogen and oxygen atoms in total. The first-order valence-electron chi connectivity index (χ1n) is 5.06. The van der Waals surface area contributed by atoms with E-state index in [1.165, 1.54) is 11.9 Å². The summed E-state index contributed by atoms with van der Waals surface area (Å²) in [6.45, 7) is -0.0409. The Hall–Kier alpha value is -2.04. The SMILES string of the molecule is CN(CCC#N)C(=O)Cn1ccc(C(F)(F)F)n1. The molecule has 1 aromatic rings. The molecule has 1 aromatic heterocycles. The third kappa shape index (κ3) is 3.76. The quantitative estimate of drug-likeness (QED) is 0.819. The molecule has 0 radical (unpaired) electrons. The van der Waals surface area contributed by atoms with Gasteiger partial charge in [0, 0.05) is 19.8 Å². The molecule has 8 heteroatoms. The van der Waals surface area contributed by atoms with E-state index in [0.717, 1.165) is 16.9 Å². The lowest BCUT2D eigenvalue weighted by Crippen LogP contribution is -2.31. The van der Waals surface area contributed by atoms with Gasteiger partial charge in [-0.05, 0) is 6.07 Å². The molecule has 98 valence electrons. The van der Waals surface area contributed by atoms with Crippen LogP contribution in [0.1, 0.15) is 12.1 Å². The first-order valence-corrected chi connectivity index (χ1v) is 5.06. The van der Waals surface area contributed by atoms with Crippen molar-refractivity contribution in [2.45, 2.75) is 19.1 Å². The van der Waals surface area contributed by atoms with Crippen molar-refractivity contribution >= 4 is 5.91 Å². The fourth-order valence-corrected chi connectivity index (χ4v) is 1.20. The van der Waals surface area contributed by atoms with E-state index in [4.69, 9.17) is 5.26 Å². The molecule has 0 N–H and O–H groups in total. The van der Waals surface area contributed by atoms with Crippen LogP contribution in [0.3, 0.4) is 0 Å². The molecule has 0 bridgehead atoms. The van der Waals surface area contributed by atoms with Crippen molar-refractivity contribution in [3.05, 3.63) is 18.0 Å². The van der Waals surface area contributed by atoms with Crippen molar-refractivity contribution in [2.75, 3.05) is 13.6 Å². The lowest BCUT2D eigenvalue weighted by atomic mass is 10.4. The number of nitrogens with zero attached hydrogens (tertiary/aromatic N) is 4. The first kappa shape index (κ1) is 14.0. The molecule has 0 aliphatic carbocycles. The van der Waals surface area contributed by atoms with Gasteiger partial charge in [0.25, 0.3) is 0 Å². The number of carbonyl (C=O) groups excluding carboxylic acids is 1. The molecule has 0 saturated carbocycles. The Morgan fingerprint density at radius 1 is 1.61 bits per heavy atom. The highest BCUT2D eigenvalue weighted by Crippen LogP contribution is 2.27. The summed E-state index contributed by atoms with van der Waals surface area (Å²) in [6, 6.07) is 2.68. The maximum Gasteiger partial charge on any atom is 0.435 e. The monoisotopic (exact) mass is 260 g/mol. The molecule has 0 aliphatic rings. The van der Waals surface area contributed by atoms with Gasteiger partial charge in [0.2, 0.25) is 5.91 Å². The van der Waals surface area contributed by atoms with Crippen LogP contribution in [0.15, 0.2) is 12.3 Å². The normalized spacial score (nSPS) is 11.1. The van der Waals surface area contributed by atoms with Crippen LogP contribution in [0.25, 0.3) is 0 Å². The summed E-state index contributed by atoms with van der Waals surface area (Å²) in [4.78, 5) is 12.8. The zero-order valence-corrected chi connectivity index (χ0v) is 9.61. The van der Waals surface area contributed by atoms with Crippen LogP contribution in [0, 0.1) is 11.3 Å². The van der Waals surface area contributed by atoms with E-state index < -0.39 is 17.8 Å². The van der Waals surface area contributed by atoms with Crippen molar-refractivity contribution in [1.82, 2.24) is 14.7 Å². The molecule has 0 aromatic carbocycles. The third-order valence-corrected chi connectivity index (χ3v) is 2.21. The molecule has 0 atom stereocenters. The van der Waals surface area contributed by atoms with Crippen LogP contribution in [-0.4, -0.2) is 34.2 Å². The second-order valence-corrected chi connectivity index (χ2v) is 3.62. The van der Waals surface area contributed by atoms with Gasteiger partial charge in [-0.1, -0.05) is 0 Å². The second kappa shape index (κ2) is 5.53. The number of hydrogen-bond acceptors (Lipinski definition) is 3. The number of halogens is 3. The van der Waals surface area contributed by atoms with Gasteiger partial charge >= 0.3 is 6.18 Å². The van der Waals surface area contributed by atoms with Gasteiger partial charge in [0.05, 0.1) is 12.5 Å². The zero-order chi connectivity index (χ0) is 13.8. The van der Waals surface area contributed by atoms with Crippen molar-refractivity contribution in [2.24, 2.45) is 0 Å². The number of alkyl halides is 3. The summed E-state index contributed by atoms with van der Waals surface area (Å²) in [6.07, 6.45) is -3.24. The van der Waals surface area contributed by atoms with Crippen LogP contribution in [0.2, 0.25) is 0 Å². The van der Waals surface area contributed by atoms with Crippen molar-refractivity contribution < 1.29 is 18.0 Å². The Morgan fingerprint density at radius 3 is 2.78 bits per heavy atom. The average Bonchev–Trinajstić information content (AvgIpc) is 2.73. The van der Waals surface area contributed by atoms with Gasteiger partial charge in [-0.3, -0.25) is 9.48 Å². The maximum absolute atomic E-state index is 12.3. The van der Waals surface area contributed by atoms with Crippen molar-refractivity contribution in [3.63, 3.8) is 0 Å². The van der Waals surface area contributed by atoms with E-state index >= 15 is 0 Å². The van der Waals surface area contributed by atoms with Gasteiger partial charge in [-0.2, -0.15) is 23.5 Å². The van der Waals surface area contributed by atoms with Crippen LogP contribution < -0.4 is 0 Å². The van der Waals surface area contributed by atoms with Crippen LogP contribution >= 0.6 is 0 Å². The standard InChI is InChI=1S/C10H11F3N4O/c1-16(5-2-4-14)9(18)7-17-6-3-8(15-17)10(11,12)13/h3,6H,2,5,7H2,1H3. The molecule has 0 fully saturated rings. The number of rotatable bonds is 4. The highest BCUT2D eigenvalue weighted by atomic mass is 19.4. The van der Waals surface area contributed by atoms with E-state index in [1.807, 2.05) is 6.07 Å². The summed E-state index contributed by atoms with van der Waals surface area (Å²) in [5.41, 5.74) is -1.03. The molecule has 0 spiro atoms. The number of aromatic nitrogens is 2. The molecule has 0 unspecified atom stereocenters. The lowest BCUT2D eigenvalue weighted by Gasteiger charge is -2.15. The Morgan fingerprint density at radius 2 is 2.28 bits per heavy atom. The molecule has 0 saturated heterocycles. The number of nitriles is 1. The zero-order valence-electron chi connectivity index (χ0n) is 9.61. The Labute approximate surface area is 101 Å². The highest BCUT2D eigenvalue weighted by molar-refractivity contribution is 5.75. The van der Waals surface area contributed by atoms with Crippen LogP contribution in [-0.2, 0) is 17.5 Å². The first-order chi connectivity index (χ1) is 8.34. The smallest absolute Gasteiger partial charge is 0.343 e. The predicted octanol–water partition coefficient (Wildman–Crippen LogP) is 1.27. The summed E-state index contributed by atoms with van der Waals surface area (Å²) < 4.78 is 37.7. The largest absolute Gasteiger partial charge is 0.435 e. The van der Waals surface area contributed by atoms with Gasteiger partial charge in [0.15, 0.2) is 5.69 Å². The molecular weight excluding hydrogens is 249 g/mol. The van der Waals surface area contributed by atoms with Crippen LogP contribution in [0.5, 0.6) is 0 Å². The van der Waals surface area contributed by atoms with Gasteiger partial charge in [0.1, 0.15) is 6.54 Å². The van der Waals surface area contributed by atoms with Crippen LogP contribution in [0.4, 0.5) is 13.2 Å². The maximum atomic E-state index is 12.3. The van der Waals surface area contributed by atoms with Gasteiger partial charge in [-0.15, -0.1) is 0 Å². The lowest BCUT2D eigenvalue weighted by molar-refractivity contribution is -0.142. The fraction of sp³-hybridized carbons (Fsp3) is 0.500. The Kier molecular flexibility index (Phi) is 4.31. The minimum absolute atomic E-state index is 0.176. The minimum Gasteiger partial charge on any atom is -0.343 e. The fourth-order valence-electron chi connectivity index (χ4n) is 1.20. The van der Waals surface area contributed by atoms with E-state index in [9.17, 15) is 18.0 Å². The number of carbonyl (C=O) groups is 1. The average molecular weight is 260 g/mol. The summed E-state index contributed by atoms with van der Waals surface area (Å²) >= 11 is 0. The minimum atomic E-state index is -4.51. The summed E-state index contributed by atoms with van der Waals surface area (Å²) in [5.74, 6) is -0.401. The molecular formula is C10H11F3N4O. The second-order valence-electron chi connectivity index (χ2n) is 3.62. The molecule has 0 aliphatic heterocycles. The molecule has 1 heterocycles. The topological polar surface area (TPSA) is 61.9 Å². The summed E-state index contributed by atoms with van der Waals surface area (Å²) in [7, 11) is 1.48. The summed E-state index contributed by atoms with van der Waals surface area (Å²) in [5, 5.41) is 11.6. The Balaban J connectivity index is 2.60. The number of amides is 1. The molecule has 1 amide bonds. The third-order valence-electron chi connectivity index (χ3n) is 2.21. The predicted molar refractivity (Wildman–Crippen MR) is 55.1 cm³/mol. The molecule has 1 rings (SSSR count). The number of likely N-dealkylation sites (N-methyl/N-ethyl adjacent to an activating group) is 1. The highest BCUT2D eigenvalue weighted by Gasteiger charge is 2.33. The Bertz CT molecular complexity index is 460. The van der Waals surface area contributed by atoms with E-state index in [1.54, 1.807) is 0 Å². The van der Waals surface area contributed by atoms with Crippen molar-refractivity contribution in [1.29, 1.82) is 5.26 Å². The van der Waals surface area contributed by atoms with E-state index in [-0.39, 0.29) is 19.5 Å². The van der Waals surface area contributed by atoms with Crippen molar-refractivity contribution in [3.8, 4) is 6.07 Å². The van der Waals surface area contributed by atoms with Gasteiger partial charge < -0.3 is 4.90 Å².